The van der Waals surface area contributed by atoms with Crippen molar-refractivity contribution in [2.24, 2.45) is 5.41 Å². The SMILES string of the molecule is CNc1nc(C2(OC)CCC(C)(C)CC2)nc2sccc12. The van der Waals surface area contributed by atoms with E-state index in [1.54, 1.807) is 18.4 Å². The molecule has 1 N–H and O–H groups in total. The number of anilines is 1. The van der Waals surface area contributed by atoms with E-state index in [-0.39, 0.29) is 5.60 Å². The van der Waals surface area contributed by atoms with Crippen LogP contribution in [0.5, 0.6) is 0 Å². The lowest BCUT2D eigenvalue weighted by molar-refractivity contribution is -0.0725. The van der Waals surface area contributed by atoms with E-state index in [9.17, 15) is 0 Å². The highest BCUT2D eigenvalue weighted by Crippen LogP contribution is 2.46. The van der Waals surface area contributed by atoms with Crippen LogP contribution in [0.4, 0.5) is 5.82 Å². The summed E-state index contributed by atoms with van der Waals surface area (Å²) in [5.74, 6) is 1.73. The highest BCUT2D eigenvalue weighted by molar-refractivity contribution is 7.16. The van der Waals surface area contributed by atoms with Crippen LogP contribution >= 0.6 is 11.3 Å². The highest BCUT2D eigenvalue weighted by atomic mass is 32.1. The number of aromatic nitrogens is 2. The van der Waals surface area contributed by atoms with Gasteiger partial charge in [0.1, 0.15) is 16.2 Å². The van der Waals surface area contributed by atoms with Gasteiger partial charge in [-0.3, -0.25) is 0 Å². The Labute approximate surface area is 129 Å². The van der Waals surface area contributed by atoms with Gasteiger partial charge in [-0.05, 0) is 42.5 Å². The van der Waals surface area contributed by atoms with Crippen molar-refractivity contribution in [1.82, 2.24) is 9.97 Å². The zero-order chi connectivity index (χ0) is 15.1. The quantitative estimate of drug-likeness (QED) is 0.924. The third kappa shape index (κ3) is 2.53. The maximum absolute atomic E-state index is 5.93. The van der Waals surface area contributed by atoms with Gasteiger partial charge in [0.15, 0.2) is 5.82 Å². The molecular weight excluding hydrogens is 282 g/mol. The molecule has 1 aliphatic carbocycles. The normalized spacial score (nSPS) is 20.6. The van der Waals surface area contributed by atoms with Gasteiger partial charge in [0.25, 0.3) is 0 Å². The van der Waals surface area contributed by atoms with Crippen molar-refractivity contribution < 1.29 is 4.74 Å². The van der Waals surface area contributed by atoms with E-state index >= 15 is 0 Å². The molecule has 1 saturated carbocycles. The van der Waals surface area contributed by atoms with Crippen molar-refractivity contribution in [2.45, 2.75) is 45.1 Å². The van der Waals surface area contributed by atoms with E-state index in [0.29, 0.717) is 5.41 Å². The minimum Gasteiger partial charge on any atom is -0.372 e. The van der Waals surface area contributed by atoms with Crippen molar-refractivity contribution in [2.75, 3.05) is 19.5 Å². The summed E-state index contributed by atoms with van der Waals surface area (Å²) in [5.41, 5.74) is 0.0558. The van der Waals surface area contributed by atoms with Crippen LogP contribution in [0.2, 0.25) is 0 Å². The second-order valence-electron chi connectivity index (χ2n) is 6.65. The topological polar surface area (TPSA) is 47.0 Å². The number of ether oxygens (including phenoxy) is 1. The predicted octanol–water partition coefficient (Wildman–Crippen LogP) is 4.17. The molecule has 0 radical (unpaired) electrons. The molecule has 0 aliphatic heterocycles. The van der Waals surface area contributed by atoms with Crippen LogP contribution in [0.1, 0.15) is 45.4 Å². The second kappa shape index (κ2) is 5.21. The van der Waals surface area contributed by atoms with Crippen molar-refractivity contribution >= 4 is 27.4 Å². The fraction of sp³-hybridized carbons (Fsp3) is 0.625. The summed E-state index contributed by atoms with van der Waals surface area (Å²) in [6.45, 7) is 4.66. The van der Waals surface area contributed by atoms with E-state index in [4.69, 9.17) is 14.7 Å². The molecule has 0 bridgehead atoms. The third-order valence-electron chi connectivity index (χ3n) is 4.77. The number of fused-ring (bicyclic) bond motifs is 1. The van der Waals surface area contributed by atoms with Gasteiger partial charge >= 0.3 is 0 Å². The van der Waals surface area contributed by atoms with Crippen LogP contribution in [-0.4, -0.2) is 24.1 Å². The number of hydrogen-bond donors (Lipinski definition) is 1. The monoisotopic (exact) mass is 305 g/mol. The molecule has 5 heteroatoms. The molecule has 2 aromatic rings. The molecule has 1 aliphatic rings. The van der Waals surface area contributed by atoms with Crippen molar-refractivity contribution in [3.8, 4) is 0 Å². The molecule has 21 heavy (non-hydrogen) atoms. The average molecular weight is 305 g/mol. The smallest absolute Gasteiger partial charge is 0.164 e. The van der Waals surface area contributed by atoms with Gasteiger partial charge in [-0.15, -0.1) is 11.3 Å². The summed E-state index contributed by atoms with van der Waals surface area (Å²) in [6.07, 6.45) is 4.25. The Balaban J connectivity index is 2.05. The average Bonchev–Trinajstić information content (AvgIpc) is 2.95. The number of methoxy groups -OCH3 is 1. The lowest BCUT2D eigenvalue weighted by atomic mass is 9.70. The highest BCUT2D eigenvalue weighted by Gasteiger charge is 2.42. The van der Waals surface area contributed by atoms with Crippen LogP contribution in [-0.2, 0) is 10.3 Å². The molecule has 114 valence electrons. The first kappa shape index (κ1) is 14.7. The van der Waals surface area contributed by atoms with Gasteiger partial charge < -0.3 is 10.1 Å². The van der Waals surface area contributed by atoms with Gasteiger partial charge in [-0.2, -0.15) is 0 Å². The maximum atomic E-state index is 5.93. The van der Waals surface area contributed by atoms with E-state index in [0.717, 1.165) is 47.5 Å². The molecule has 2 aromatic heterocycles. The Kier molecular flexibility index (Phi) is 3.66. The summed E-state index contributed by atoms with van der Waals surface area (Å²) in [7, 11) is 3.70. The van der Waals surface area contributed by atoms with Crippen molar-refractivity contribution in [1.29, 1.82) is 0 Å². The number of rotatable bonds is 3. The van der Waals surface area contributed by atoms with Crippen LogP contribution < -0.4 is 5.32 Å². The molecule has 0 saturated heterocycles. The van der Waals surface area contributed by atoms with Gasteiger partial charge in [-0.25, -0.2) is 9.97 Å². The van der Waals surface area contributed by atoms with Crippen molar-refractivity contribution in [3.05, 3.63) is 17.3 Å². The summed E-state index contributed by atoms with van der Waals surface area (Å²) in [4.78, 5) is 10.6. The van der Waals surface area contributed by atoms with Crippen LogP contribution in [0, 0.1) is 5.41 Å². The Morgan fingerprint density at radius 3 is 2.52 bits per heavy atom. The zero-order valence-electron chi connectivity index (χ0n) is 13.2. The fourth-order valence-corrected chi connectivity index (χ4v) is 3.86. The minimum atomic E-state index is -0.334. The van der Waals surface area contributed by atoms with Gasteiger partial charge in [0, 0.05) is 14.2 Å². The number of thiophene rings is 1. The van der Waals surface area contributed by atoms with E-state index in [1.807, 2.05) is 7.05 Å². The molecule has 0 atom stereocenters. The number of nitrogens with zero attached hydrogens (tertiary/aromatic N) is 2. The third-order valence-corrected chi connectivity index (χ3v) is 5.58. The van der Waals surface area contributed by atoms with Crippen LogP contribution in [0.25, 0.3) is 10.2 Å². The molecular formula is C16H23N3OS. The van der Waals surface area contributed by atoms with Gasteiger partial charge in [-0.1, -0.05) is 13.8 Å². The Morgan fingerprint density at radius 2 is 1.90 bits per heavy atom. The standard InChI is InChI=1S/C16H23N3OS/c1-15(2)6-8-16(20-4,9-7-15)14-18-12(17-3)11-5-10-21-13(11)19-14/h5,10H,6-9H2,1-4H3,(H,17,18,19). The Morgan fingerprint density at radius 1 is 1.19 bits per heavy atom. The molecule has 3 rings (SSSR count). The Hall–Kier alpha value is -1.20. The summed E-state index contributed by atoms with van der Waals surface area (Å²) >= 11 is 1.66. The molecule has 1 fully saturated rings. The molecule has 0 amide bonds. The fourth-order valence-electron chi connectivity index (χ4n) is 3.10. The second-order valence-corrected chi connectivity index (χ2v) is 7.54. The first-order chi connectivity index (χ1) is 10.00. The number of nitrogens with one attached hydrogen (secondary N) is 1. The summed E-state index contributed by atoms with van der Waals surface area (Å²) < 4.78 is 5.93. The molecule has 0 aromatic carbocycles. The lowest BCUT2D eigenvalue weighted by Gasteiger charge is -2.41. The maximum Gasteiger partial charge on any atom is 0.164 e. The molecule has 0 spiro atoms. The first-order valence-electron chi connectivity index (χ1n) is 7.48. The largest absolute Gasteiger partial charge is 0.372 e. The van der Waals surface area contributed by atoms with Crippen LogP contribution in [0.15, 0.2) is 11.4 Å². The first-order valence-corrected chi connectivity index (χ1v) is 8.36. The van der Waals surface area contributed by atoms with Gasteiger partial charge in [0.2, 0.25) is 0 Å². The van der Waals surface area contributed by atoms with Gasteiger partial charge in [0.05, 0.1) is 5.39 Å². The van der Waals surface area contributed by atoms with Crippen LogP contribution in [0.3, 0.4) is 0 Å². The minimum absolute atomic E-state index is 0.334. The summed E-state index contributed by atoms with van der Waals surface area (Å²) in [6, 6.07) is 2.07. The molecule has 4 nitrogen and oxygen atoms in total. The Bertz CT molecular complexity index is 640. The predicted molar refractivity (Wildman–Crippen MR) is 87.9 cm³/mol. The zero-order valence-corrected chi connectivity index (χ0v) is 14.0. The van der Waals surface area contributed by atoms with E-state index in [1.165, 1.54) is 0 Å². The summed E-state index contributed by atoms with van der Waals surface area (Å²) in [5, 5.41) is 6.35. The molecule has 0 unspecified atom stereocenters. The molecule has 2 heterocycles. The number of hydrogen-bond acceptors (Lipinski definition) is 5. The van der Waals surface area contributed by atoms with E-state index < -0.39 is 0 Å². The lowest BCUT2D eigenvalue weighted by Crippen LogP contribution is -2.38. The van der Waals surface area contributed by atoms with E-state index in [2.05, 4.69) is 30.6 Å². The van der Waals surface area contributed by atoms with Crippen molar-refractivity contribution in [3.63, 3.8) is 0 Å².